The molecule has 1 amide bonds. The number of nitrogens with two attached hydrogens (primary N) is 1. The van der Waals surface area contributed by atoms with E-state index in [4.69, 9.17) is 11.1 Å². The summed E-state index contributed by atoms with van der Waals surface area (Å²) in [6.45, 7) is 0.386. The normalized spacial score (nSPS) is 9.31. The molecular weight excluding hydrogens is 206 g/mol. The lowest BCUT2D eigenvalue weighted by atomic mass is 10.3. The van der Waals surface area contributed by atoms with Gasteiger partial charge in [0.2, 0.25) is 0 Å². The van der Waals surface area contributed by atoms with E-state index in [2.05, 4.69) is 10.4 Å². The van der Waals surface area contributed by atoms with Crippen LogP contribution in [0, 0.1) is 11.3 Å². The number of hydrazine groups is 1. The van der Waals surface area contributed by atoms with Crippen molar-refractivity contribution in [2.24, 2.45) is 5.84 Å². The molecule has 0 aromatic carbocycles. The molecule has 0 unspecified atom stereocenters. The van der Waals surface area contributed by atoms with Crippen LogP contribution in [-0.2, 0) is 0 Å². The van der Waals surface area contributed by atoms with Gasteiger partial charge in [0.15, 0.2) is 0 Å². The van der Waals surface area contributed by atoms with Gasteiger partial charge in [-0.25, -0.2) is 0 Å². The van der Waals surface area contributed by atoms with E-state index in [0.717, 1.165) is 0 Å². The monoisotopic (exact) mass is 219 g/mol. The lowest BCUT2D eigenvalue weighted by molar-refractivity contribution is 0.0792. The Kier molecular flexibility index (Phi) is 4.24. The van der Waals surface area contributed by atoms with Gasteiger partial charge < -0.3 is 10.3 Å². The van der Waals surface area contributed by atoms with E-state index in [-0.39, 0.29) is 5.91 Å². The number of rotatable bonds is 4. The SMILES string of the molecule is CN(CCC#N)C(=O)c1cc(NN)ccn1. The largest absolute Gasteiger partial charge is 0.339 e. The van der Waals surface area contributed by atoms with Crippen LogP contribution in [0.4, 0.5) is 5.69 Å². The Morgan fingerprint density at radius 2 is 2.50 bits per heavy atom. The van der Waals surface area contributed by atoms with Gasteiger partial charge in [0.1, 0.15) is 5.69 Å². The Balaban J connectivity index is 2.76. The number of hydrogen-bond donors (Lipinski definition) is 2. The summed E-state index contributed by atoms with van der Waals surface area (Å²) in [5.74, 6) is 5.00. The van der Waals surface area contributed by atoms with E-state index >= 15 is 0 Å². The van der Waals surface area contributed by atoms with Crippen LogP contribution < -0.4 is 11.3 Å². The number of carbonyl (C=O) groups is 1. The molecule has 0 spiro atoms. The second-order valence-corrected chi connectivity index (χ2v) is 3.21. The molecule has 0 aliphatic heterocycles. The molecular formula is C10H13N5O. The molecule has 0 fully saturated rings. The van der Waals surface area contributed by atoms with Gasteiger partial charge in [-0.2, -0.15) is 5.26 Å². The molecule has 6 nitrogen and oxygen atoms in total. The van der Waals surface area contributed by atoms with E-state index in [9.17, 15) is 4.79 Å². The third-order valence-corrected chi connectivity index (χ3v) is 2.05. The van der Waals surface area contributed by atoms with Gasteiger partial charge in [-0.15, -0.1) is 0 Å². The highest BCUT2D eigenvalue weighted by Gasteiger charge is 2.12. The zero-order valence-electron chi connectivity index (χ0n) is 8.97. The van der Waals surface area contributed by atoms with Crippen molar-refractivity contribution >= 4 is 11.6 Å². The van der Waals surface area contributed by atoms with Gasteiger partial charge in [0.05, 0.1) is 18.2 Å². The maximum absolute atomic E-state index is 11.8. The van der Waals surface area contributed by atoms with E-state index in [1.807, 2.05) is 6.07 Å². The molecule has 3 N–H and O–H groups in total. The van der Waals surface area contributed by atoms with Crippen LogP contribution in [0.2, 0.25) is 0 Å². The highest BCUT2D eigenvalue weighted by atomic mass is 16.2. The molecule has 0 bridgehead atoms. The first-order valence-electron chi connectivity index (χ1n) is 4.74. The van der Waals surface area contributed by atoms with Gasteiger partial charge in [0, 0.05) is 19.8 Å². The summed E-state index contributed by atoms with van der Waals surface area (Å²) in [6, 6.07) is 5.20. The number of carbonyl (C=O) groups excluding carboxylic acids is 1. The molecule has 1 aromatic rings. The molecule has 0 saturated heterocycles. The molecule has 16 heavy (non-hydrogen) atoms. The van der Waals surface area contributed by atoms with Gasteiger partial charge in [-0.1, -0.05) is 0 Å². The number of pyridine rings is 1. The van der Waals surface area contributed by atoms with Gasteiger partial charge in [-0.05, 0) is 12.1 Å². The molecule has 1 heterocycles. The van der Waals surface area contributed by atoms with Crippen LogP contribution in [0.5, 0.6) is 0 Å². The van der Waals surface area contributed by atoms with Crippen LogP contribution in [0.1, 0.15) is 16.9 Å². The van der Waals surface area contributed by atoms with Crippen molar-refractivity contribution in [3.05, 3.63) is 24.0 Å². The fourth-order valence-corrected chi connectivity index (χ4v) is 1.15. The van der Waals surface area contributed by atoms with Gasteiger partial charge >= 0.3 is 0 Å². The number of anilines is 1. The van der Waals surface area contributed by atoms with Crippen molar-refractivity contribution in [1.29, 1.82) is 5.26 Å². The third-order valence-electron chi connectivity index (χ3n) is 2.05. The Bertz CT molecular complexity index is 412. The van der Waals surface area contributed by atoms with E-state index in [0.29, 0.717) is 24.3 Å². The molecule has 0 atom stereocenters. The molecule has 0 radical (unpaired) electrons. The summed E-state index contributed by atoms with van der Waals surface area (Å²) in [5, 5.41) is 8.42. The predicted molar refractivity (Wildman–Crippen MR) is 59.2 cm³/mol. The summed E-state index contributed by atoms with van der Waals surface area (Å²) < 4.78 is 0. The van der Waals surface area contributed by atoms with Gasteiger partial charge in [-0.3, -0.25) is 15.6 Å². The fourth-order valence-electron chi connectivity index (χ4n) is 1.15. The van der Waals surface area contributed by atoms with Crippen LogP contribution >= 0.6 is 0 Å². The summed E-state index contributed by atoms with van der Waals surface area (Å²) in [7, 11) is 1.63. The molecule has 0 saturated carbocycles. The van der Waals surface area contributed by atoms with Crippen LogP contribution in [0.25, 0.3) is 0 Å². The Hall–Kier alpha value is -2.13. The van der Waals surface area contributed by atoms with E-state index < -0.39 is 0 Å². The quantitative estimate of drug-likeness (QED) is 0.563. The number of nitrogens with one attached hydrogen (secondary N) is 1. The van der Waals surface area contributed by atoms with Gasteiger partial charge in [0.25, 0.3) is 5.91 Å². The number of amides is 1. The average Bonchev–Trinajstić information content (AvgIpc) is 2.35. The van der Waals surface area contributed by atoms with Crippen molar-refractivity contribution in [3.63, 3.8) is 0 Å². The minimum Gasteiger partial charge on any atom is -0.339 e. The molecule has 0 aliphatic carbocycles. The van der Waals surface area contributed by atoms with Crippen LogP contribution in [0.3, 0.4) is 0 Å². The maximum Gasteiger partial charge on any atom is 0.272 e. The predicted octanol–water partition coefficient (Wildman–Crippen LogP) is 0.353. The summed E-state index contributed by atoms with van der Waals surface area (Å²) in [4.78, 5) is 17.2. The highest BCUT2D eigenvalue weighted by molar-refractivity contribution is 5.92. The number of nitriles is 1. The Labute approximate surface area is 93.6 Å². The van der Waals surface area contributed by atoms with Crippen molar-refractivity contribution in [3.8, 4) is 6.07 Å². The summed E-state index contributed by atoms with van der Waals surface area (Å²) in [5.41, 5.74) is 3.36. The molecule has 0 aliphatic rings. The molecule has 1 rings (SSSR count). The number of aromatic nitrogens is 1. The van der Waals surface area contributed by atoms with E-state index in [1.165, 1.54) is 11.1 Å². The number of nitrogen functional groups attached to an aromatic ring is 1. The van der Waals surface area contributed by atoms with Crippen LogP contribution in [-0.4, -0.2) is 29.4 Å². The zero-order valence-corrected chi connectivity index (χ0v) is 8.97. The first-order chi connectivity index (χ1) is 7.69. The van der Waals surface area contributed by atoms with Crippen molar-refractivity contribution in [1.82, 2.24) is 9.88 Å². The average molecular weight is 219 g/mol. The topological polar surface area (TPSA) is 95.0 Å². The lowest BCUT2D eigenvalue weighted by Gasteiger charge is -2.14. The zero-order chi connectivity index (χ0) is 12.0. The minimum atomic E-state index is -0.229. The molecule has 6 heteroatoms. The smallest absolute Gasteiger partial charge is 0.272 e. The first-order valence-corrected chi connectivity index (χ1v) is 4.74. The third kappa shape index (κ3) is 2.93. The van der Waals surface area contributed by atoms with E-state index in [1.54, 1.807) is 19.2 Å². The maximum atomic E-state index is 11.8. The van der Waals surface area contributed by atoms with Crippen molar-refractivity contribution < 1.29 is 4.79 Å². The molecule has 1 aromatic heterocycles. The van der Waals surface area contributed by atoms with Crippen LogP contribution in [0.15, 0.2) is 18.3 Å². The Morgan fingerprint density at radius 1 is 1.75 bits per heavy atom. The second-order valence-electron chi connectivity index (χ2n) is 3.21. The van der Waals surface area contributed by atoms with Crippen molar-refractivity contribution in [2.45, 2.75) is 6.42 Å². The second kappa shape index (κ2) is 5.68. The first kappa shape index (κ1) is 11.9. The number of hydrogen-bond acceptors (Lipinski definition) is 5. The standard InChI is InChI=1S/C10H13N5O/c1-15(6-2-4-11)10(16)9-7-8(14-12)3-5-13-9/h3,5,7H,2,6,12H2,1H3,(H,13,14). The minimum absolute atomic E-state index is 0.229. The lowest BCUT2D eigenvalue weighted by Crippen LogP contribution is -2.28. The number of nitrogens with zero attached hydrogens (tertiary/aromatic N) is 3. The Morgan fingerprint density at radius 3 is 3.12 bits per heavy atom. The fraction of sp³-hybridized carbons (Fsp3) is 0.300. The summed E-state index contributed by atoms with van der Waals surface area (Å²) in [6.07, 6.45) is 1.80. The molecule has 84 valence electrons. The van der Waals surface area contributed by atoms with Crippen molar-refractivity contribution in [2.75, 3.05) is 19.0 Å². The highest BCUT2D eigenvalue weighted by Crippen LogP contribution is 2.08. The summed E-state index contributed by atoms with van der Waals surface area (Å²) >= 11 is 0.